The summed E-state index contributed by atoms with van der Waals surface area (Å²) in [5.41, 5.74) is 2.91. The van der Waals surface area contributed by atoms with Gasteiger partial charge in [-0.15, -0.1) is 0 Å². The predicted octanol–water partition coefficient (Wildman–Crippen LogP) is 4.25. The standard InChI is InChI=1S/C31H37NO5/c1-34-25-12-11-22-19-26-31(36-18-5-9-21-7-3-2-4-8-21)14-13-24(33)29-30(31,27(22)28(25)37-29)15-16-32(26)20-23-10-6-17-35-23/h2-4,7-8,11-12,23,26,29H,5-6,9-10,13-20H2,1H3/t23?,26-,29+,30+,31-/m1/s1. The second-order valence-corrected chi connectivity index (χ2v) is 11.5. The molecule has 0 amide bonds. The maximum absolute atomic E-state index is 13.5. The maximum atomic E-state index is 13.5. The number of methoxy groups -OCH3 is 1. The molecule has 2 aliphatic carbocycles. The van der Waals surface area contributed by atoms with E-state index in [0.29, 0.717) is 13.0 Å². The first-order valence-corrected chi connectivity index (χ1v) is 14.1. The Labute approximate surface area is 219 Å². The van der Waals surface area contributed by atoms with Gasteiger partial charge in [0.1, 0.15) is 0 Å². The summed E-state index contributed by atoms with van der Waals surface area (Å²) >= 11 is 0. The van der Waals surface area contributed by atoms with E-state index in [4.69, 9.17) is 18.9 Å². The summed E-state index contributed by atoms with van der Waals surface area (Å²) in [6.07, 6.45) is 7.03. The number of hydrogen-bond acceptors (Lipinski definition) is 6. The lowest BCUT2D eigenvalue weighted by molar-refractivity contribution is -0.215. The summed E-state index contributed by atoms with van der Waals surface area (Å²) in [4.78, 5) is 16.1. The maximum Gasteiger partial charge on any atom is 0.174 e. The van der Waals surface area contributed by atoms with Crippen molar-refractivity contribution in [3.05, 3.63) is 59.2 Å². The van der Waals surface area contributed by atoms with Gasteiger partial charge in [-0.1, -0.05) is 36.4 Å². The first-order chi connectivity index (χ1) is 18.2. The second kappa shape index (κ2) is 9.11. The molecule has 2 saturated heterocycles. The molecule has 2 aromatic carbocycles. The number of carbonyl (C=O) groups is 1. The van der Waals surface area contributed by atoms with Crippen LogP contribution in [0, 0.1) is 0 Å². The molecule has 3 aliphatic heterocycles. The molecule has 6 nitrogen and oxygen atoms in total. The minimum atomic E-state index is -0.492. The number of hydrogen-bond donors (Lipinski definition) is 0. The minimum Gasteiger partial charge on any atom is -0.493 e. The Morgan fingerprint density at radius 3 is 2.84 bits per heavy atom. The Morgan fingerprint density at radius 1 is 1.14 bits per heavy atom. The molecule has 0 aromatic heterocycles. The van der Waals surface area contributed by atoms with E-state index in [2.05, 4.69) is 41.3 Å². The number of likely N-dealkylation sites (tertiary alicyclic amines) is 1. The van der Waals surface area contributed by atoms with Crippen LogP contribution >= 0.6 is 0 Å². The van der Waals surface area contributed by atoms with Crippen molar-refractivity contribution < 1.29 is 23.7 Å². The number of benzene rings is 2. The first-order valence-electron chi connectivity index (χ1n) is 14.1. The molecule has 0 radical (unpaired) electrons. The van der Waals surface area contributed by atoms with Crippen molar-refractivity contribution in [2.45, 2.75) is 80.6 Å². The number of rotatable bonds is 8. The van der Waals surface area contributed by atoms with Crippen LogP contribution in [0.4, 0.5) is 0 Å². The van der Waals surface area contributed by atoms with Gasteiger partial charge in [-0.25, -0.2) is 0 Å². The van der Waals surface area contributed by atoms with Gasteiger partial charge in [-0.05, 0) is 68.7 Å². The number of Topliss-reactive ketones (excluding diaryl/α,β-unsaturated/α-hetero) is 1. The Hall–Kier alpha value is -2.41. The van der Waals surface area contributed by atoms with Crippen molar-refractivity contribution in [3.63, 3.8) is 0 Å². The Morgan fingerprint density at radius 2 is 2.03 bits per heavy atom. The molecule has 6 heteroatoms. The average molecular weight is 504 g/mol. The molecular weight excluding hydrogens is 466 g/mol. The van der Waals surface area contributed by atoms with E-state index in [1.807, 2.05) is 6.07 Å². The van der Waals surface area contributed by atoms with Crippen molar-refractivity contribution in [3.8, 4) is 11.5 Å². The molecule has 1 unspecified atom stereocenters. The van der Waals surface area contributed by atoms with Crippen LogP contribution in [0.25, 0.3) is 0 Å². The van der Waals surface area contributed by atoms with Crippen LogP contribution < -0.4 is 9.47 Å². The lowest BCUT2D eigenvalue weighted by atomic mass is 9.48. The van der Waals surface area contributed by atoms with Crippen molar-refractivity contribution in [1.29, 1.82) is 0 Å². The van der Waals surface area contributed by atoms with Gasteiger partial charge in [0.2, 0.25) is 0 Å². The highest BCUT2D eigenvalue weighted by Crippen LogP contribution is 2.66. The summed E-state index contributed by atoms with van der Waals surface area (Å²) in [7, 11) is 1.69. The number of nitrogens with zero attached hydrogens (tertiary/aromatic N) is 1. The van der Waals surface area contributed by atoms with E-state index in [1.54, 1.807) is 7.11 Å². The molecule has 5 aliphatic rings. The topological polar surface area (TPSA) is 57.2 Å². The highest BCUT2D eigenvalue weighted by molar-refractivity contribution is 5.90. The fourth-order valence-electron chi connectivity index (χ4n) is 8.27. The van der Waals surface area contributed by atoms with Gasteiger partial charge < -0.3 is 18.9 Å². The molecule has 37 heavy (non-hydrogen) atoms. The molecule has 1 spiro atoms. The zero-order chi connectivity index (χ0) is 25.0. The lowest BCUT2D eigenvalue weighted by Crippen LogP contribution is -2.77. The van der Waals surface area contributed by atoms with E-state index < -0.39 is 17.1 Å². The van der Waals surface area contributed by atoms with Crippen LogP contribution in [-0.4, -0.2) is 67.9 Å². The summed E-state index contributed by atoms with van der Waals surface area (Å²) in [6, 6.07) is 15.0. The van der Waals surface area contributed by atoms with Crippen molar-refractivity contribution >= 4 is 5.78 Å². The molecule has 7 rings (SSSR count). The van der Waals surface area contributed by atoms with Crippen molar-refractivity contribution in [1.82, 2.24) is 4.90 Å². The third-order valence-electron chi connectivity index (χ3n) is 9.81. The van der Waals surface area contributed by atoms with Gasteiger partial charge in [0.25, 0.3) is 0 Å². The third kappa shape index (κ3) is 3.45. The first kappa shape index (κ1) is 23.7. The normalized spacial score (nSPS) is 33.8. The van der Waals surface area contributed by atoms with E-state index in [-0.39, 0.29) is 17.9 Å². The Kier molecular flexibility index (Phi) is 5.83. The van der Waals surface area contributed by atoms with E-state index >= 15 is 0 Å². The van der Waals surface area contributed by atoms with Crippen LogP contribution in [0.3, 0.4) is 0 Å². The van der Waals surface area contributed by atoms with Gasteiger partial charge in [0.05, 0.1) is 24.2 Å². The minimum absolute atomic E-state index is 0.202. The van der Waals surface area contributed by atoms with Crippen LogP contribution in [0.5, 0.6) is 11.5 Å². The molecule has 196 valence electrons. The molecule has 2 bridgehead atoms. The average Bonchev–Trinajstić information content (AvgIpc) is 3.56. The predicted molar refractivity (Wildman–Crippen MR) is 139 cm³/mol. The van der Waals surface area contributed by atoms with Gasteiger partial charge in [0.15, 0.2) is 23.4 Å². The highest BCUT2D eigenvalue weighted by Gasteiger charge is 2.74. The quantitative estimate of drug-likeness (QED) is 0.502. The Balaban J connectivity index is 1.28. The van der Waals surface area contributed by atoms with Crippen LogP contribution in [0.2, 0.25) is 0 Å². The van der Waals surface area contributed by atoms with Gasteiger partial charge >= 0.3 is 0 Å². The summed E-state index contributed by atoms with van der Waals surface area (Å²) < 4.78 is 25.6. The fourth-order valence-corrected chi connectivity index (χ4v) is 8.27. The van der Waals surface area contributed by atoms with Gasteiger partial charge in [-0.3, -0.25) is 9.69 Å². The number of ether oxygens (including phenoxy) is 4. The highest BCUT2D eigenvalue weighted by atomic mass is 16.5. The SMILES string of the molecule is COc1ccc2c3c1O[C@H]1C(=O)CC[C@@]4(OCCCc5ccccc5)[C@@H](C2)N(CC2CCCO2)CC[C@]314. The molecule has 3 heterocycles. The van der Waals surface area contributed by atoms with Crippen molar-refractivity contribution in [2.24, 2.45) is 0 Å². The van der Waals surface area contributed by atoms with Crippen molar-refractivity contribution in [2.75, 3.05) is 33.4 Å². The summed E-state index contributed by atoms with van der Waals surface area (Å²) in [5.74, 6) is 1.72. The molecule has 5 atom stereocenters. The van der Waals surface area contributed by atoms with Gasteiger partial charge in [-0.2, -0.15) is 0 Å². The molecule has 2 aromatic rings. The number of ketones is 1. The third-order valence-corrected chi connectivity index (χ3v) is 9.81. The smallest absolute Gasteiger partial charge is 0.174 e. The van der Waals surface area contributed by atoms with Crippen LogP contribution in [0.1, 0.15) is 55.2 Å². The lowest BCUT2D eigenvalue weighted by Gasteiger charge is -2.64. The van der Waals surface area contributed by atoms with Crippen LogP contribution in [-0.2, 0) is 32.5 Å². The molecule has 0 N–H and O–H groups in total. The summed E-state index contributed by atoms with van der Waals surface area (Å²) in [6.45, 7) is 3.41. The van der Waals surface area contributed by atoms with E-state index in [1.165, 1.54) is 16.7 Å². The molecular formula is C31H37NO5. The zero-order valence-corrected chi connectivity index (χ0v) is 21.7. The van der Waals surface area contributed by atoms with E-state index in [0.717, 1.165) is 76.1 Å². The number of carbonyl (C=O) groups excluding carboxylic acids is 1. The van der Waals surface area contributed by atoms with Gasteiger partial charge in [0, 0.05) is 37.8 Å². The second-order valence-electron chi connectivity index (χ2n) is 11.5. The fraction of sp³-hybridized carbons (Fsp3) is 0.581. The number of aryl methyl sites for hydroxylation is 1. The summed E-state index contributed by atoms with van der Waals surface area (Å²) in [5, 5.41) is 0. The van der Waals surface area contributed by atoms with E-state index in [9.17, 15) is 4.79 Å². The largest absolute Gasteiger partial charge is 0.493 e. The number of piperidine rings is 1. The monoisotopic (exact) mass is 503 g/mol. The molecule has 3 fully saturated rings. The Bertz CT molecular complexity index is 1180. The zero-order valence-electron chi connectivity index (χ0n) is 21.7. The van der Waals surface area contributed by atoms with Crippen LogP contribution in [0.15, 0.2) is 42.5 Å². The molecule has 1 saturated carbocycles.